The molecule has 1 aromatic carbocycles. The molecular weight excluding hydrogens is 224 g/mol. The molecule has 0 aliphatic carbocycles. The number of hydrogen-bond acceptors (Lipinski definition) is 2. The van der Waals surface area contributed by atoms with Gasteiger partial charge in [-0.2, -0.15) is 0 Å². The van der Waals surface area contributed by atoms with Gasteiger partial charge in [0.1, 0.15) is 0 Å². The van der Waals surface area contributed by atoms with E-state index in [0.29, 0.717) is 0 Å². The van der Waals surface area contributed by atoms with Crippen molar-refractivity contribution in [2.24, 2.45) is 0 Å². The number of aromatic amines is 2. The van der Waals surface area contributed by atoms with Crippen LogP contribution in [0.3, 0.4) is 0 Å². The number of hydrogen-bond donors (Lipinski definition) is 2. The molecule has 0 aliphatic heterocycles. The minimum atomic E-state index is -0.0690. The third-order valence-electron chi connectivity index (χ3n) is 2.07. The molecule has 3 nitrogen and oxygen atoms in total. The van der Waals surface area contributed by atoms with Crippen molar-refractivity contribution in [2.75, 3.05) is 0 Å². The zero-order chi connectivity index (χ0) is 10.7. The minimum Gasteiger partial charge on any atom is -0.301 e. The van der Waals surface area contributed by atoms with Gasteiger partial charge in [0.15, 0.2) is 0 Å². The van der Waals surface area contributed by atoms with Crippen LogP contribution in [0.15, 0.2) is 40.0 Å². The summed E-state index contributed by atoms with van der Waals surface area (Å²) in [7, 11) is 1.09. The summed E-state index contributed by atoms with van der Waals surface area (Å²) in [5.41, 5.74) is 0.862. The summed E-state index contributed by atoms with van der Waals surface area (Å²) in [6.07, 6.45) is 0. The van der Waals surface area contributed by atoms with E-state index in [9.17, 15) is 4.79 Å². The lowest BCUT2D eigenvalue weighted by Gasteiger charge is -1.99. The van der Waals surface area contributed by atoms with Gasteiger partial charge in [0.25, 0.3) is 5.56 Å². The van der Waals surface area contributed by atoms with Gasteiger partial charge in [0.05, 0.1) is 0 Å². The monoisotopic (exact) mass is 236 g/mol. The highest BCUT2D eigenvalue weighted by molar-refractivity contribution is 7.98. The average Bonchev–Trinajstić information content (AvgIpc) is 2.64. The molecule has 0 unspecified atom stereocenters. The number of nitrogens with one attached hydrogen (secondary N) is 2. The lowest BCUT2D eigenvalue weighted by molar-refractivity contribution is 1.02. The standard InChI is InChI=1S/C10H12N2OSSi/c13-10-5-7(11-12-10)6-14-8-1-3-9(15)4-2-8/h1-5H,6H2,15H3,(H2,11,12,13). The first-order valence-corrected chi connectivity index (χ1v) is 6.68. The lowest BCUT2D eigenvalue weighted by atomic mass is 10.4. The molecule has 0 fully saturated rings. The SMILES string of the molecule is O=c1cc(CSc2ccc([SiH3])cc2)[nH][nH]1. The Morgan fingerprint density at radius 3 is 2.53 bits per heavy atom. The van der Waals surface area contributed by atoms with E-state index in [1.54, 1.807) is 17.8 Å². The third kappa shape index (κ3) is 2.87. The van der Waals surface area contributed by atoms with Crippen LogP contribution in [-0.4, -0.2) is 20.4 Å². The molecule has 1 aromatic heterocycles. The van der Waals surface area contributed by atoms with E-state index in [-0.39, 0.29) is 5.56 Å². The summed E-state index contributed by atoms with van der Waals surface area (Å²) in [4.78, 5) is 12.1. The molecule has 0 saturated carbocycles. The van der Waals surface area contributed by atoms with Crippen molar-refractivity contribution in [1.29, 1.82) is 0 Å². The fourth-order valence-electron chi connectivity index (χ4n) is 1.25. The Hall–Kier alpha value is -1.20. The second-order valence-corrected chi connectivity index (χ2v) is 5.59. The largest absolute Gasteiger partial charge is 0.301 e. The highest BCUT2D eigenvalue weighted by Gasteiger charge is 1.98. The molecule has 78 valence electrons. The number of H-pyrrole nitrogens is 2. The van der Waals surface area contributed by atoms with Gasteiger partial charge >= 0.3 is 0 Å². The summed E-state index contributed by atoms with van der Waals surface area (Å²) in [6.45, 7) is 0. The van der Waals surface area contributed by atoms with E-state index in [0.717, 1.165) is 21.7 Å². The summed E-state index contributed by atoms with van der Waals surface area (Å²) in [6, 6.07) is 10.1. The highest BCUT2D eigenvalue weighted by atomic mass is 32.2. The maximum atomic E-state index is 10.9. The Bertz CT molecular complexity index is 489. The van der Waals surface area contributed by atoms with Crippen molar-refractivity contribution in [2.45, 2.75) is 10.6 Å². The van der Waals surface area contributed by atoms with Crippen LogP contribution in [0.25, 0.3) is 0 Å². The van der Waals surface area contributed by atoms with Crippen molar-refractivity contribution in [1.82, 2.24) is 10.2 Å². The Morgan fingerprint density at radius 1 is 1.20 bits per heavy atom. The number of aromatic nitrogens is 2. The maximum absolute atomic E-state index is 10.9. The topological polar surface area (TPSA) is 48.6 Å². The quantitative estimate of drug-likeness (QED) is 0.581. The summed E-state index contributed by atoms with van der Waals surface area (Å²) in [5.74, 6) is 0.791. The smallest absolute Gasteiger partial charge is 0.264 e. The zero-order valence-electron chi connectivity index (χ0n) is 8.41. The molecule has 0 bridgehead atoms. The molecule has 5 heteroatoms. The third-order valence-corrected chi connectivity index (χ3v) is 3.79. The van der Waals surface area contributed by atoms with E-state index in [2.05, 4.69) is 34.5 Å². The van der Waals surface area contributed by atoms with Crippen LogP contribution in [0.2, 0.25) is 0 Å². The van der Waals surface area contributed by atoms with Gasteiger partial charge in [0.2, 0.25) is 0 Å². The molecule has 2 N–H and O–H groups in total. The molecule has 0 spiro atoms. The molecule has 1 heterocycles. The summed E-state index contributed by atoms with van der Waals surface area (Å²) in [5, 5.41) is 6.76. The van der Waals surface area contributed by atoms with Crippen molar-refractivity contribution >= 4 is 27.2 Å². The Labute approximate surface area is 94.7 Å². The Kier molecular flexibility index (Phi) is 3.13. The molecule has 2 rings (SSSR count). The number of benzene rings is 1. The highest BCUT2D eigenvalue weighted by Crippen LogP contribution is 2.19. The molecule has 15 heavy (non-hydrogen) atoms. The lowest BCUT2D eigenvalue weighted by Crippen LogP contribution is -1.98. The van der Waals surface area contributed by atoms with Crippen molar-refractivity contribution in [3.63, 3.8) is 0 Å². The molecule has 0 radical (unpaired) electrons. The predicted octanol–water partition coefficient (Wildman–Crippen LogP) is -0.0140. The number of rotatable bonds is 3. The molecule has 0 amide bonds. The predicted molar refractivity (Wildman–Crippen MR) is 67.0 cm³/mol. The Morgan fingerprint density at radius 2 is 1.93 bits per heavy atom. The van der Waals surface area contributed by atoms with Crippen LogP contribution >= 0.6 is 11.8 Å². The fraction of sp³-hybridized carbons (Fsp3) is 0.100. The summed E-state index contributed by atoms with van der Waals surface area (Å²) < 4.78 is 0. The van der Waals surface area contributed by atoms with Gasteiger partial charge in [0, 0.05) is 32.7 Å². The molecular formula is C10H12N2OSSi. The van der Waals surface area contributed by atoms with Gasteiger partial charge in [-0.3, -0.25) is 9.89 Å². The van der Waals surface area contributed by atoms with Gasteiger partial charge in [-0.05, 0) is 12.1 Å². The normalized spacial score (nSPS) is 10.7. The van der Waals surface area contributed by atoms with Crippen LogP contribution in [0.5, 0.6) is 0 Å². The molecule has 0 aliphatic rings. The van der Waals surface area contributed by atoms with E-state index in [4.69, 9.17) is 0 Å². The van der Waals surface area contributed by atoms with Gasteiger partial charge in [-0.15, -0.1) is 11.8 Å². The minimum absolute atomic E-state index is 0.0690. The second kappa shape index (κ2) is 4.54. The van der Waals surface area contributed by atoms with E-state index < -0.39 is 0 Å². The summed E-state index contributed by atoms with van der Waals surface area (Å²) >= 11 is 1.72. The van der Waals surface area contributed by atoms with Gasteiger partial charge in [-0.1, -0.05) is 17.3 Å². The van der Waals surface area contributed by atoms with Crippen LogP contribution < -0.4 is 10.7 Å². The van der Waals surface area contributed by atoms with E-state index >= 15 is 0 Å². The van der Waals surface area contributed by atoms with Crippen LogP contribution in [-0.2, 0) is 5.75 Å². The van der Waals surface area contributed by atoms with Crippen molar-refractivity contribution < 1.29 is 0 Å². The molecule has 2 aromatic rings. The van der Waals surface area contributed by atoms with Gasteiger partial charge < -0.3 is 5.10 Å². The first-order chi connectivity index (χ1) is 7.24. The molecule has 0 saturated heterocycles. The van der Waals surface area contributed by atoms with Crippen molar-refractivity contribution in [3.8, 4) is 0 Å². The van der Waals surface area contributed by atoms with E-state index in [1.807, 2.05) is 0 Å². The maximum Gasteiger partial charge on any atom is 0.264 e. The first-order valence-electron chi connectivity index (χ1n) is 4.70. The average molecular weight is 236 g/mol. The van der Waals surface area contributed by atoms with Crippen LogP contribution in [0.1, 0.15) is 5.69 Å². The van der Waals surface area contributed by atoms with Crippen molar-refractivity contribution in [3.05, 3.63) is 46.4 Å². The number of thioether (sulfide) groups is 1. The fourth-order valence-corrected chi connectivity index (χ4v) is 2.39. The van der Waals surface area contributed by atoms with Gasteiger partial charge in [-0.25, -0.2) is 0 Å². The first kappa shape index (κ1) is 10.3. The zero-order valence-corrected chi connectivity index (χ0v) is 11.2. The molecule has 0 atom stereocenters. The van der Waals surface area contributed by atoms with Crippen LogP contribution in [0.4, 0.5) is 0 Å². The van der Waals surface area contributed by atoms with Crippen LogP contribution in [0, 0.1) is 0 Å². The Balaban J connectivity index is 1.99. The second-order valence-electron chi connectivity index (χ2n) is 3.39. The van der Waals surface area contributed by atoms with E-state index in [1.165, 1.54) is 10.1 Å².